The van der Waals surface area contributed by atoms with Gasteiger partial charge in [-0.15, -0.1) is 0 Å². The summed E-state index contributed by atoms with van der Waals surface area (Å²) < 4.78 is 83.3. The van der Waals surface area contributed by atoms with Gasteiger partial charge in [-0.2, -0.15) is 26.3 Å². The molecule has 4 nitrogen and oxygen atoms in total. The van der Waals surface area contributed by atoms with Crippen LogP contribution in [0.4, 0.5) is 26.3 Å². The number of nitrogens with one attached hydrogen (secondary N) is 1. The van der Waals surface area contributed by atoms with E-state index in [0.717, 1.165) is 37.4 Å². The topological polar surface area (TPSA) is 55.4 Å². The van der Waals surface area contributed by atoms with Crippen molar-refractivity contribution in [3.05, 3.63) is 70.8 Å². The second-order valence-corrected chi connectivity index (χ2v) is 5.95. The van der Waals surface area contributed by atoms with Crippen molar-refractivity contribution in [1.82, 2.24) is 5.32 Å². The van der Waals surface area contributed by atoms with Crippen molar-refractivity contribution in [3.8, 4) is 0 Å². The predicted molar refractivity (Wildman–Crippen MR) is 89.9 cm³/mol. The van der Waals surface area contributed by atoms with Crippen molar-refractivity contribution >= 4 is 11.9 Å². The van der Waals surface area contributed by atoms with Crippen LogP contribution in [0.25, 0.3) is 0 Å². The highest BCUT2D eigenvalue weighted by Gasteiger charge is 2.37. The Morgan fingerprint density at radius 1 is 0.897 bits per heavy atom. The molecule has 0 saturated carbocycles. The molecule has 0 saturated heterocycles. The zero-order valence-corrected chi connectivity index (χ0v) is 14.9. The maximum atomic E-state index is 13.2. The number of esters is 1. The summed E-state index contributed by atoms with van der Waals surface area (Å²) in [5.74, 6) is -2.36. The molecule has 0 spiro atoms. The number of alkyl halides is 6. The largest absolute Gasteiger partial charge is 0.467 e. The number of hydrogen-bond donors (Lipinski definition) is 1. The number of hydrogen-bond acceptors (Lipinski definition) is 3. The minimum absolute atomic E-state index is 0.320. The zero-order chi connectivity index (χ0) is 21.8. The van der Waals surface area contributed by atoms with E-state index in [4.69, 9.17) is 0 Å². The number of carbonyl (C=O) groups excluding carboxylic acids is 2. The Bertz CT molecular complexity index is 892. The van der Waals surface area contributed by atoms with E-state index in [-0.39, 0.29) is 5.56 Å². The zero-order valence-electron chi connectivity index (χ0n) is 14.9. The molecule has 10 heteroatoms. The van der Waals surface area contributed by atoms with Gasteiger partial charge in [-0.25, -0.2) is 4.79 Å². The average molecular weight is 419 g/mol. The summed E-state index contributed by atoms with van der Waals surface area (Å²) in [5, 5.41) is 2.04. The molecular formula is C19H15F6NO3. The molecule has 1 atom stereocenters. The van der Waals surface area contributed by atoms with E-state index in [9.17, 15) is 35.9 Å². The van der Waals surface area contributed by atoms with Gasteiger partial charge in [0.1, 0.15) is 6.04 Å². The summed E-state index contributed by atoms with van der Waals surface area (Å²) in [6.07, 6.45) is -10.2. The van der Waals surface area contributed by atoms with Crippen LogP contribution in [0.5, 0.6) is 0 Å². The van der Waals surface area contributed by atoms with Gasteiger partial charge in [0.15, 0.2) is 0 Å². The molecule has 0 radical (unpaired) electrons. The Morgan fingerprint density at radius 2 is 1.41 bits per heavy atom. The molecule has 2 aromatic carbocycles. The normalized spacial score (nSPS) is 12.9. The monoisotopic (exact) mass is 419 g/mol. The first kappa shape index (κ1) is 22.3. The molecule has 2 aromatic rings. The molecule has 2 rings (SSSR count). The van der Waals surface area contributed by atoms with E-state index in [2.05, 4.69) is 4.74 Å². The van der Waals surface area contributed by atoms with Crippen LogP contribution >= 0.6 is 0 Å². The molecule has 0 unspecified atom stereocenters. The van der Waals surface area contributed by atoms with E-state index in [1.165, 1.54) is 12.1 Å². The third-order valence-corrected chi connectivity index (χ3v) is 4.01. The van der Waals surface area contributed by atoms with Crippen LogP contribution in [0.2, 0.25) is 0 Å². The molecule has 0 aliphatic heterocycles. The van der Waals surface area contributed by atoms with Crippen LogP contribution in [0.15, 0.2) is 48.5 Å². The molecule has 0 aromatic heterocycles. The van der Waals surface area contributed by atoms with Crippen LogP contribution in [0.3, 0.4) is 0 Å². The number of carbonyl (C=O) groups is 2. The number of amides is 1. The molecular weight excluding hydrogens is 404 g/mol. The lowest BCUT2D eigenvalue weighted by Crippen LogP contribution is -2.43. The molecule has 0 fully saturated rings. The predicted octanol–water partition coefficient (Wildman–Crippen LogP) is 4.24. The summed E-state index contributed by atoms with van der Waals surface area (Å²) in [6.45, 7) is 0. The number of rotatable bonds is 5. The SMILES string of the molecule is COC(=O)[C@H](Cc1ccccc1C(F)(F)F)NC(=O)c1ccccc1C(F)(F)F. The van der Waals surface area contributed by atoms with Crippen LogP contribution in [0.1, 0.15) is 27.0 Å². The minimum Gasteiger partial charge on any atom is -0.467 e. The fraction of sp³-hybridized carbons (Fsp3) is 0.263. The van der Waals surface area contributed by atoms with Gasteiger partial charge >= 0.3 is 18.3 Å². The van der Waals surface area contributed by atoms with Gasteiger partial charge in [0, 0.05) is 6.42 Å². The standard InChI is InChI=1S/C19H15F6NO3/c1-29-17(28)15(10-11-6-2-4-8-13(11)18(20,21)22)26-16(27)12-7-3-5-9-14(12)19(23,24)25/h2-9,15H,10H2,1H3,(H,26,27)/t15-/m0/s1. The van der Waals surface area contributed by atoms with E-state index >= 15 is 0 Å². The molecule has 0 aliphatic carbocycles. The van der Waals surface area contributed by atoms with Gasteiger partial charge in [-0.3, -0.25) is 4.79 Å². The van der Waals surface area contributed by atoms with Gasteiger partial charge in [0.25, 0.3) is 5.91 Å². The highest BCUT2D eigenvalue weighted by atomic mass is 19.4. The molecule has 1 amide bonds. The second-order valence-electron chi connectivity index (χ2n) is 5.95. The highest BCUT2D eigenvalue weighted by Crippen LogP contribution is 2.33. The number of benzene rings is 2. The Balaban J connectivity index is 2.35. The van der Waals surface area contributed by atoms with Crippen LogP contribution < -0.4 is 5.32 Å². The lowest BCUT2D eigenvalue weighted by molar-refractivity contribution is -0.144. The summed E-state index contributed by atoms with van der Waals surface area (Å²) in [4.78, 5) is 24.4. The Morgan fingerprint density at radius 3 is 1.97 bits per heavy atom. The number of halogens is 6. The second kappa shape index (κ2) is 8.54. The fourth-order valence-corrected chi connectivity index (χ4v) is 2.69. The van der Waals surface area contributed by atoms with Gasteiger partial charge in [-0.1, -0.05) is 30.3 Å². The smallest absolute Gasteiger partial charge is 0.417 e. The molecule has 156 valence electrons. The lowest BCUT2D eigenvalue weighted by atomic mass is 9.99. The van der Waals surface area contributed by atoms with Crippen molar-refractivity contribution < 1.29 is 40.7 Å². The third kappa shape index (κ3) is 5.49. The average Bonchev–Trinajstić information content (AvgIpc) is 2.65. The van der Waals surface area contributed by atoms with Crippen molar-refractivity contribution in [2.45, 2.75) is 24.8 Å². The van der Waals surface area contributed by atoms with Gasteiger partial charge in [-0.05, 0) is 23.8 Å². The van der Waals surface area contributed by atoms with E-state index in [0.29, 0.717) is 6.07 Å². The van der Waals surface area contributed by atoms with Crippen molar-refractivity contribution in [2.24, 2.45) is 0 Å². The van der Waals surface area contributed by atoms with Crippen LogP contribution in [-0.4, -0.2) is 25.0 Å². The Hall–Kier alpha value is -3.04. The van der Waals surface area contributed by atoms with Gasteiger partial charge in [0.05, 0.1) is 23.8 Å². The van der Waals surface area contributed by atoms with Crippen LogP contribution in [-0.2, 0) is 28.3 Å². The molecule has 0 bridgehead atoms. The Kier molecular flexibility index (Phi) is 6.55. The van der Waals surface area contributed by atoms with Gasteiger partial charge in [0.2, 0.25) is 0 Å². The first-order chi connectivity index (χ1) is 13.4. The molecule has 0 heterocycles. The van der Waals surface area contributed by atoms with E-state index in [1.54, 1.807) is 0 Å². The summed E-state index contributed by atoms with van der Waals surface area (Å²) >= 11 is 0. The van der Waals surface area contributed by atoms with Crippen LogP contribution in [0, 0.1) is 0 Å². The lowest BCUT2D eigenvalue weighted by Gasteiger charge is -2.20. The van der Waals surface area contributed by atoms with E-state index in [1.807, 2.05) is 5.32 Å². The van der Waals surface area contributed by atoms with Crippen molar-refractivity contribution in [1.29, 1.82) is 0 Å². The summed E-state index contributed by atoms with van der Waals surface area (Å²) in [7, 11) is 0.945. The third-order valence-electron chi connectivity index (χ3n) is 4.01. The van der Waals surface area contributed by atoms with Crippen molar-refractivity contribution in [2.75, 3.05) is 7.11 Å². The highest BCUT2D eigenvalue weighted by molar-refractivity contribution is 5.98. The fourth-order valence-electron chi connectivity index (χ4n) is 2.69. The molecule has 29 heavy (non-hydrogen) atoms. The summed E-state index contributed by atoms with van der Waals surface area (Å²) in [6, 6.07) is 6.58. The van der Waals surface area contributed by atoms with Crippen molar-refractivity contribution in [3.63, 3.8) is 0 Å². The first-order valence-corrected chi connectivity index (χ1v) is 8.15. The van der Waals surface area contributed by atoms with Gasteiger partial charge < -0.3 is 10.1 Å². The summed E-state index contributed by atoms with van der Waals surface area (Å²) in [5.41, 5.74) is -3.35. The number of methoxy groups -OCH3 is 1. The first-order valence-electron chi connectivity index (χ1n) is 8.15. The minimum atomic E-state index is -4.84. The quantitative estimate of drug-likeness (QED) is 0.583. The number of ether oxygens (including phenoxy) is 1. The Labute approximate surface area is 161 Å². The van der Waals surface area contributed by atoms with E-state index < -0.39 is 53.4 Å². The molecule has 0 aliphatic rings. The maximum absolute atomic E-state index is 13.2. The maximum Gasteiger partial charge on any atom is 0.417 e. The molecule has 1 N–H and O–H groups in total.